The first-order valence-electron chi connectivity index (χ1n) is 13.0. The summed E-state index contributed by atoms with van der Waals surface area (Å²) in [5, 5.41) is 7.47. The molecule has 41 heavy (non-hydrogen) atoms. The van der Waals surface area contributed by atoms with Gasteiger partial charge in [0.15, 0.2) is 5.76 Å². The molecular formula is C33H22ClFN4O2. The molecule has 0 aliphatic heterocycles. The highest BCUT2D eigenvalue weighted by Crippen LogP contribution is 2.30. The lowest BCUT2D eigenvalue weighted by atomic mass is 10.1. The summed E-state index contributed by atoms with van der Waals surface area (Å²) in [6.07, 6.45) is 1.68. The van der Waals surface area contributed by atoms with E-state index in [9.17, 15) is 9.18 Å². The first-order chi connectivity index (χ1) is 20.0. The number of nitrogens with zero attached hydrogens (tertiary/aromatic N) is 4. The lowest BCUT2D eigenvalue weighted by Crippen LogP contribution is -2.20. The van der Waals surface area contributed by atoms with Gasteiger partial charge in [0.1, 0.15) is 11.4 Å². The van der Waals surface area contributed by atoms with E-state index in [1.165, 1.54) is 16.8 Å². The summed E-state index contributed by atoms with van der Waals surface area (Å²) in [6.45, 7) is 2.48. The summed E-state index contributed by atoms with van der Waals surface area (Å²) in [7, 11) is 0. The number of furan rings is 1. The number of para-hydroxylation sites is 2. The zero-order valence-corrected chi connectivity index (χ0v) is 22.6. The normalized spacial score (nSPS) is 11.9. The Morgan fingerprint density at radius 1 is 0.951 bits per heavy atom. The molecule has 3 heterocycles. The van der Waals surface area contributed by atoms with Crippen LogP contribution in [0, 0.1) is 12.7 Å². The van der Waals surface area contributed by atoms with Gasteiger partial charge in [-0.05, 0) is 67.1 Å². The monoisotopic (exact) mass is 560 g/mol. The predicted molar refractivity (Wildman–Crippen MR) is 161 cm³/mol. The van der Waals surface area contributed by atoms with Crippen LogP contribution >= 0.6 is 11.6 Å². The van der Waals surface area contributed by atoms with Crippen LogP contribution in [0.5, 0.6) is 0 Å². The predicted octanol–water partition coefficient (Wildman–Crippen LogP) is 7.80. The van der Waals surface area contributed by atoms with Crippen LogP contribution in [0.25, 0.3) is 44.4 Å². The van der Waals surface area contributed by atoms with E-state index >= 15 is 0 Å². The van der Waals surface area contributed by atoms with E-state index < -0.39 is 0 Å². The van der Waals surface area contributed by atoms with Gasteiger partial charge in [-0.15, -0.1) is 0 Å². The van der Waals surface area contributed by atoms with E-state index in [4.69, 9.17) is 26.1 Å². The lowest BCUT2D eigenvalue weighted by molar-refractivity contribution is 0.616. The fourth-order valence-corrected chi connectivity index (χ4v) is 5.45. The Hall–Kier alpha value is -5.01. The Kier molecular flexibility index (Phi) is 6.02. The smallest absolute Gasteiger partial charge is 0.282 e. The maximum absolute atomic E-state index is 13.9. The van der Waals surface area contributed by atoms with Crippen LogP contribution in [-0.2, 0) is 6.54 Å². The van der Waals surface area contributed by atoms with Crippen LogP contribution in [0.1, 0.15) is 16.8 Å². The Labute approximate surface area is 238 Å². The summed E-state index contributed by atoms with van der Waals surface area (Å²) >= 11 is 6.19. The van der Waals surface area contributed by atoms with Crippen LogP contribution in [-0.4, -0.2) is 20.4 Å². The van der Waals surface area contributed by atoms with Crippen molar-refractivity contribution in [3.8, 4) is 11.6 Å². The number of rotatable bonds is 5. The van der Waals surface area contributed by atoms with Gasteiger partial charge in [-0.25, -0.2) is 9.37 Å². The van der Waals surface area contributed by atoms with Gasteiger partial charge < -0.3 is 8.98 Å². The minimum Gasteiger partial charge on any atom is -0.453 e. The maximum Gasteiger partial charge on any atom is 0.282 e. The fourth-order valence-electron chi connectivity index (χ4n) is 5.27. The van der Waals surface area contributed by atoms with Gasteiger partial charge >= 0.3 is 0 Å². The molecule has 0 amide bonds. The van der Waals surface area contributed by atoms with Gasteiger partial charge in [0.2, 0.25) is 5.82 Å². The summed E-state index contributed by atoms with van der Waals surface area (Å²) in [6, 6.07) is 28.8. The van der Waals surface area contributed by atoms with Gasteiger partial charge in [0.05, 0.1) is 17.1 Å². The third-order valence-electron chi connectivity index (χ3n) is 7.26. The van der Waals surface area contributed by atoms with Gasteiger partial charge in [0, 0.05) is 39.1 Å². The van der Waals surface area contributed by atoms with Crippen molar-refractivity contribution >= 4 is 50.6 Å². The highest BCUT2D eigenvalue weighted by molar-refractivity contribution is 6.31. The zero-order chi connectivity index (χ0) is 28.1. The minimum absolute atomic E-state index is 0.276. The molecule has 0 fully saturated rings. The zero-order valence-electron chi connectivity index (χ0n) is 21.9. The Balaban J connectivity index is 1.40. The molecule has 0 aliphatic rings. The van der Waals surface area contributed by atoms with Crippen molar-refractivity contribution < 1.29 is 8.81 Å². The number of halogens is 2. The molecule has 8 heteroatoms. The second-order valence-corrected chi connectivity index (χ2v) is 10.3. The maximum atomic E-state index is 13.9. The largest absolute Gasteiger partial charge is 0.453 e. The van der Waals surface area contributed by atoms with E-state index in [0.717, 1.165) is 33.1 Å². The third kappa shape index (κ3) is 4.40. The molecule has 200 valence electrons. The molecule has 0 saturated heterocycles. The topological polar surface area (TPSA) is 65.3 Å². The van der Waals surface area contributed by atoms with Gasteiger partial charge in [-0.1, -0.05) is 54.1 Å². The van der Waals surface area contributed by atoms with Gasteiger partial charge in [-0.2, -0.15) is 9.78 Å². The molecular weight excluding hydrogens is 539 g/mol. The Morgan fingerprint density at radius 2 is 1.76 bits per heavy atom. The lowest BCUT2D eigenvalue weighted by Gasteiger charge is -2.09. The molecule has 4 aromatic carbocycles. The number of benzene rings is 4. The van der Waals surface area contributed by atoms with Crippen molar-refractivity contribution in [1.29, 1.82) is 0 Å². The Morgan fingerprint density at radius 3 is 2.61 bits per heavy atom. The molecule has 0 spiro atoms. The minimum atomic E-state index is -0.318. The molecule has 0 unspecified atom stereocenters. The third-order valence-corrected chi connectivity index (χ3v) is 7.50. The van der Waals surface area contributed by atoms with Crippen LogP contribution in [0.4, 0.5) is 4.39 Å². The second-order valence-electron chi connectivity index (χ2n) is 9.84. The highest BCUT2D eigenvalue weighted by atomic mass is 35.5. The van der Waals surface area contributed by atoms with Crippen LogP contribution < -0.4 is 5.56 Å². The van der Waals surface area contributed by atoms with E-state index in [1.54, 1.807) is 54.7 Å². The molecule has 0 bridgehead atoms. The second kappa shape index (κ2) is 9.87. The van der Waals surface area contributed by atoms with E-state index in [2.05, 4.69) is 4.57 Å². The first kappa shape index (κ1) is 25.0. The number of fused-ring (bicyclic) bond motifs is 3. The SMILES string of the molecule is Cc1c(C=Nn2c(-c3cc4cc(Cl)ccc4o3)nc3ccccc3c2=O)c2ccccc2n1Cc1cccc(F)c1. The van der Waals surface area contributed by atoms with Crippen LogP contribution in [0.2, 0.25) is 5.02 Å². The average Bonchev–Trinajstić information content (AvgIpc) is 3.51. The van der Waals surface area contributed by atoms with Gasteiger partial charge in [-0.3, -0.25) is 4.79 Å². The average molecular weight is 561 g/mol. The van der Waals surface area contributed by atoms with E-state index in [-0.39, 0.29) is 17.2 Å². The highest BCUT2D eigenvalue weighted by Gasteiger charge is 2.18. The van der Waals surface area contributed by atoms with Crippen molar-refractivity contribution in [3.05, 3.63) is 135 Å². The molecule has 7 aromatic rings. The van der Waals surface area contributed by atoms with E-state index in [0.29, 0.717) is 33.8 Å². The number of hydrogen-bond acceptors (Lipinski definition) is 4. The molecule has 0 saturated carbocycles. The van der Waals surface area contributed by atoms with Crippen molar-refractivity contribution in [2.75, 3.05) is 0 Å². The molecule has 0 aliphatic carbocycles. The van der Waals surface area contributed by atoms with Crippen LogP contribution in [0.15, 0.2) is 111 Å². The summed E-state index contributed by atoms with van der Waals surface area (Å²) < 4.78 is 23.4. The first-order valence-corrected chi connectivity index (χ1v) is 13.4. The van der Waals surface area contributed by atoms with Crippen molar-refractivity contribution in [1.82, 2.24) is 14.2 Å². The molecule has 6 nitrogen and oxygen atoms in total. The van der Waals surface area contributed by atoms with Gasteiger partial charge in [0.25, 0.3) is 5.56 Å². The van der Waals surface area contributed by atoms with Crippen molar-refractivity contribution in [2.24, 2.45) is 5.10 Å². The molecule has 3 aromatic heterocycles. The fraction of sp³-hybridized carbons (Fsp3) is 0.0606. The summed E-state index contributed by atoms with van der Waals surface area (Å²) in [4.78, 5) is 18.5. The van der Waals surface area contributed by atoms with E-state index in [1.807, 2.05) is 43.3 Å². The summed E-state index contributed by atoms with van der Waals surface area (Å²) in [5.74, 6) is 0.396. The quantitative estimate of drug-likeness (QED) is 0.202. The number of hydrogen-bond donors (Lipinski definition) is 0. The van der Waals surface area contributed by atoms with Crippen molar-refractivity contribution in [3.63, 3.8) is 0 Å². The Bertz CT molecular complexity index is 2210. The number of aromatic nitrogens is 3. The summed E-state index contributed by atoms with van der Waals surface area (Å²) in [5.41, 5.74) is 4.45. The van der Waals surface area contributed by atoms with Crippen molar-refractivity contribution in [2.45, 2.75) is 13.5 Å². The molecule has 0 radical (unpaired) electrons. The van der Waals surface area contributed by atoms with Crippen LogP contribution in [0.3, 0.4) is 0 Å². The molecule has 0 N–H and O–H groups in total. The standard InChI is InChI=1S/C33H22ClFN4O2/c1-20-27(25-9-3-5-12-29(25)38(20)19-21-7-6-8-24(35)15-21)18-36-39-32(37-28-11-4-2-10-26(28)33(39)40)31-17-22-16-23(34)13-14-30(22)41-31/h2-18H,19H2,1H3. The molecule has 0 atom stereocenters. The molecule has 7 rings (SSSR count).